The molecule has 0 spiro atoms. The molecule has 0 bridgehead atoms. The molecule has 15 heteroatoms. The number of hydrogen-bond donors (Lipinski definition) is 6. The van der Waals surface area contributed by atoms with Gasteiger partial charge in [0, 0.05) is 6.42 Å². The Balaban J connectivity index is 3.03. The normalized spacial score (nSPS) is 20.3. The number of rotatable bonds is 40. The fourth-order valence-electron chi connectivity index (χ4n) is 7.91. The van der Waals surface area contributed by atoms with Gasteiger partial charge in [-0.2, -0.15) is 0 Å². The summed E-state index contributed by atoms with van der Waals surface area (Å²) in [5.41, 5.74) is 0. The van der Waals surface area contributed by atoms with Crippen molar-refractivity contribution in [2.45, 2.75) is 269 Å². The predicted molar refractivity (Wildman–Crippen MR) is 237 cm³/mol. The van der Waals surface area contributed by atoms with E-state index >= 15 is 0 Å². The Labute approximate surface area is 368 Å². The van der Waals surface area contributed by atoms with Gasteiger partial charge >= 0.3 is 19.8 Å². The minimum Gasteiger partial charge on any atom is -0.454 e. The van der Waals surface area contributed by atoms with Crippen molar-refractivity contribution >= 4 is 25.7 Å². The zero-order valence-electron chi connectivity index (χ0n) is 38.3. The second-order valence-corrected chi connectivity index (χ2v) is 18.5. The molecular formula is C46H88NO13P. The summed E-state index contributed by atoms with van der Waals surface area (Å²) in [4.78, 5) is 59.9. The molecule has 0 aromatic rings. The van der Waals surface area contributed by atoms with Crippen LogP contribution < -0.4 is 5.32 Å². The van der Waals surface area contributed by atoms with Crippen LogP contribution in [-0.2, 0) is 37.7 Å². The van der Waals surface area contributed by atoms with E-state index in [4.69, 9.17) is 18.7 Å². The molecule has 0 aromatic heterocycles. The second-order valence-electron chi connectivity index (χ2n) is 17.3. The number of ether oxygens (including phenoxy) is 3. The minimum atomic E-state index is -5.33. The summed E-state index contributed by atoms with van der Waals surface area (Å²) in [6.45, 7) is 5.66. The van der Waals surface area contributed by atoms with Crippen LogP contribution >= 0.6 is 7.82 Å². The number of nitrogens with one attached hydrogen (secondary N) is 1. The number of amides is 1. The monoisotopic (exact) mass is 894 g/mol. The van der Waals surface area contributed by atoms with Gasteiger partial charge in [-0.3, -0.25) is 14.1 Å². The predicted octanol–water partition coefficient (Wildman–Crippen LogP) is 9.39. The Kier molecular flexibility index (Phi) is 34.5. The number of unbranched alkanes of at least 4 members (excludes halogenated alkanes) is 26. The summed E-state index contributed by atoms with van der Waals surface area (Å²) in [6, 6.07) is -1.67. The summed E-state index contributed by atoms with van der Waals surface area (Å²) >= 11 is 0. The number of phosphoric ester groups is 1. The summed E-state index contributed by atoms with van der Waals surface area (Å²) < 4.78 is 34.0. The third-order valence-corrected chi connectivity index (χ3v) is 12.2. The molecule has 0 aromatic carbocycles. The van der Waals surface area contributed by atoms with Crippen LogP contribution in [0.2, 0.25) is 0 Å². The first-order valence-corrected chi connectivity index (χ1v) is 26.0. The maximum Gasteiger partial charge on any atom is 0.470 e. The summed E-state index contributed by atoms with van der Waals surface area (Å²) in [5, 5.41) is 34.3. The number of carbonyl (C=O) groups is 3. The fraction of sp³-hybridized carbons (Fsp3) is 0.935. The lowest BCUT2D eigenvalue weighted by Crippen LogP contribution is -2.66. The minimum absolute atomic E-state index is 0.0970. The third kappa shape index (κ3) is 28.7. The lowest BCUT2D eigenvalue weighted by Gasteiger charge is -2.44. The first kappa shape index (κ1) is 57.4. The molecule has 1 aliphatic rings. The lowest BCUT2D eigenvalue weighted by atomic mass is 9.96. The van der Waals surface area contributed by atoms with Crippen LogP contribution in [0.25, 0.3) is 0 Å². The number of phosphoric acid groups is 1. The second kappa shape index (κ2) is 36.7. The Morgan fingerprint density at radius 3 is 1.46 bits per heavy atom. The maximum atomic E-state index is 14.0. The molecule has 1 rings (SSSR count). The molecule has 360 valence electrons. The van der Waals surface area contributed by atoms with E-state index in [2.05, 4.69) is 26.1 Å². The van der Waals surface area contributed by atoms with Crippen molar-refractivity contribution in [2.24, 2.45) is 0 Å². The number of aliphatic hydroxyl groups is 3. The van der Waals surface area contributed by atoms with E-state index in [-0.39, 0.29) is 19.3 Å². The Bertz CT molecular complexity index is 1160. The number of esters is 2. The molecule has 1 heterocycles. The van der Waals surface area contributed by atoms with Gasteiger partial charge in [0.05, 0.1) is 6.61 Å². The molecule has 1 aliphatic heterocycles. The van der Waals surface area contributed by atoms with Crippen molar-refractivity contribution in [2.75, 3.05) is 6.61 Å². The Morgan fingerprint density at radius 2 is 1.03 bits per heavy atom. The van der Waals surface area contributed by atoms with Crippen LogP contribution in [-0.4, -0.2) is 92.4 Å². The molecule has 0 radical (unpaired) electrons. The fourth-order valence-corrected chi connectivity index (χ4v) is 8.49. The first-order chi connectivity index (χ1) is 29.4. The number of hydrogen-bond acceptors (Lipinski definition) is 11. The van der Waals surface area contributed by atoms with Gasteiger partial charge in [-0.1, -0.05) is 194 Å². The van der Waals surface area contributed by atoms with Gasteiger partial charge in [-0.25, -0.2) is 9.36 Å². The van der Waals surface area contributed by atoms with E-state index in [0.717, 1.165) is 77.0 Å². The van der Waals surface area contributed by atoms with Crippen molar-refractivity contribution in [3.8, 4) is 0 Å². The van der Waals surface area contributed by atoms with E-state index in [1.54, 1.807) is 0 Å². The molecule has 14 nitrogen and oxygen atoms in total. The molecule has 0 saturated carbocycles. The molecule has 61 heavy (non-hydrogen) atoms. The van der Waals surface area contributed by atoms with Gasteiger partial charge < -0.3 is 44.6 Å². The molecular weight excluding hydrogens is 805 g/mol. The summed E-state index contributed by atoms with van der Waals surface area (Å²) in [6.07, 6.45) is 20.9. The molecule has 3 unspecified atom stereocenters. The number of aliphatic hydroxyl groups excluding tert-OH is 3. The van der Waals surface area contributed by atoms with Crippen molar-refractivity contribution in [1.82, 2.24) is 5.32 Å². The zero-order valence-corrected chi connectivity index (χ0v) is 39.2. The van der Waals surface area contributed by atoms with E-state index in [1.807, 2.05) is 0 Å². The van der Waals surface area contributed by atoms with E-state index in [9.17, 15) is 44.1 Å². The first-order valence-electron chi connectivity index (χ1n) is 24.4. The highest BCUT2D eigenvalue weighted by Crippen LogP contribution is 2.42. The standard InChI is InChI=1S/C46H88NO13P/c1-4-7-10-13-16-19-22-24-27-30-33-37(49)44(51)47-41-43(42(60-61(54,55)56)39(36-48)58-46(41)53)59-45(52)38(34-31-28-25-23-20-17-14-11-8-5-2)57-40(50)35-32-29-26-21-18-15-12-9-6-3/h37-39,41-43,46,48-49,53H,4-36H2,1-3H3,(H,47,51)(H2,54,55,56)/t37?,38?,39-,41-,42-,43-,46?/m1/s1. The quantitative estimate of drug-likeness (QED) is 0.0192. The van der Waals surface area contributed by atoms with Crippen LogP contribution in [0.4, 0.5) is 0 Å². The van der Waals surface area contributed by atoms with Crippen LogP contribution in [0.5, 0.6) is 0 Å². The smallest absolute Gasteiger partial charge is 0.454 e. The van der Waals surface area contributed by atoms with Gasteiger partial charge in [0.15, 0.2) is 18.5 Å². The van der Waals surface area contributed by atoms with Gasteiger partial charge in [0.1, 0.15) is 24.4 Å². The third-order valence-electron chi connectivity index (χ3n) is 11.6. The Morgan fingerprint density at radius 1 is 0.623 bits per heavy atom. The summed E-state index contributed by atoms with van der Waals surface area (Å²) in [5.74, 6) is -2.56. The summed E-state index contributed by atoms with van der Waals surface area (Å²) in [7, 11) is -5.33. The molecule has 7 atom stereocenters. The van der Waals surface area contributed by atoms with Crippen molar-refractivity contribution < 1.29 is 62.8 Å². The van der Waals surface area contributed by atoms with E-state index < -0.39 is 75.1 Å². The lowest BCUT2D eigenvalue weighted by molar-refractivity contribution is -0.258. The topological polar surface area (TPSA) is 218 Å². The van der Waals surface area contributed by atoms with Crippen molar-refractivity contribution in [1.29, 1.82) is 0 Å². The highest BCUT2D eigenvalue weighted by atomic mass is 31.2. The van der Waals surface area contributed by atoms with Gasteiger partial charge in [-0.05, 0) is 25.7 Å². The highest BCUT2D eigenvalue weighted by Gasteiger charge is 2.52. The van der Waals surface area contributed by atoms with Crippen LogP contribution in [0, 0.1) is 0 Å². The average molecular weight is 894 g/mol. The van der Waals surface area contributed by atoms with Crippen LogP contribution in [0.3, 0.4) is 0 Å². The van der Waals surface area contributed by atoms with Crippen molar-refractivity contribution in [3.05, 3.63) is 0 Å². The molecule has 1 saturated heterocycles. The molecule has 6 N–H and O–H groups in total. The van der Waals surface area contributed by atoms with Crippen molar-refractivity contribution in [3.63, 3.8) is 0 Å². The van der Waals surface area contributed by atoms with Crippen LogP contribution in [0.1, 0.15) is 226 Å². The van der Waals surface area contributed by atoms with E-state index in [0.29, 0.717) is 19.3 Å². The Hall–Kier alpha value is -1.64. The van der Waals surface area contributed by atoms with E-state index in [1.165, 1.54) is 89.9 Å². The van der Waals surface area contributed by atoms with Gasteiger partial charge in [0.2, 0.25) is 5.91 Å². The molecule has 0 aliphatic carbocycles. The molecule has 1 amide bonds. The maximum absolute atomic E-state index is 14.0. The largest absolute Gasteiger partial charge is 0.470 e. The van der Waals surface area contributed by atoms with Gasteiger partial charge in [0.25, 0.3) is 0 Å². The highest BCUT2D eigenvalue weighted by molar-refractivity contribution is 7.46. The van der Waals surface area contributed by atoms with Gasteiger partial charge in [-0.15, -0.1) is 0 Å². The zero-order chi connectivity index (χ0) is 45.1. The van der Waals surface area contributed by atoms with Crippen LogP contribution in [0.15, 0.2) is 0 Å². The average Bonchev–Trinajstić information content (AvgIpc) is 3.22. The SMILES string of the molecule is CCCCCCCCCCCCC(O)C(=O)N[C@H]1C(O)O[C@H](CO)[C@@H](OP(=O)(O)O)[C@@H]1OC(=O)C(CCCCCCCCCCCC)OC(=O)CCCCCCCCCCC. The number of carbonyl (C=O) groups excluding carboxylic acids is 3. The molecule has 1 fully saturated rings.